The van der Waals surface area contributed by atoms with Gasteiger partial charge in [-0.2, -0.15) is 13.2 Å². The van der Waals surface area contributed by atoms with Crippen LogP contribution in [0.15, 0.2) is 36.4 Å². The minimum atomic E-state index is -4.41. The van der Waals surface area contributed by atoms with E-state index in [0.29, 0.717) is 10.9 Å². The van der Waals surface area contributed by atoms with Gasteiger partial charge < -0.3 is 4.74 Å². The Kier molecular flexibility index (Phi) is 3.23. The summed E-state index contributed by atoms with van der Waals surface area (Å²) in [5.41, 5.74) is -0.182. The van der Waals surface area contributed by atoms with Gasteiger partial charge in [0, 0.05) is 0 Å². The Morgan fingerprint density at radius 1 is 1.06 bits per heavy atom. The summed E-state index contributed by atoms with van der Waals surface area (Å²) in [7, 11) is 0. The van der Waals surface area contributed by atoms with Crippen molar-refractivity contribution in [2.75, 3.05) is 0 Å². The number of rotatable bonds is 3. The molecule has 0 aliphatic rings. The third-order valence-electron chi connectivity index (χ3n) is 2.61. The Bertz CT molecular complexity index is 576. The van der Waals surface area contributed by atoms with Crippen molar-refractivity contribution in [2.24, 2.45) is 0 Å². The summed E-state index contributed by atoms with van der Waals surface area (Å²) in [6.45, 7) is 1.16. The van der Waals surface area contributed by atoms with Gasteiger partial charge in [0.05, 0.1) is 5.56 Å². The Hall–Kier alpha value is -2.04. The van der Waals surface area contributed by atoms with Crippen molar-refractivity contribution in [3.8, 4) is 0 Å². The number of alkyl halides is 3. The van der Waals surface area contributed by atoms with Crippen LogP contribution in [-0.4, -0.2) is 6.47 Å². The van der Waals surface area contributed by atoms with Crippen LogP contribution in [0.3, 0.4) is 0 Å². The highest BCUT2D eigenvalue weighted by molar-refractivity contribution is 5.89. The molecule has 2 nitrogen and oxygen atoms in total. The Balaban J connectivity index is 2.62. The number of fused-ring (bicyclic) bond motifs is 1. The van der Waals surface area contributed by atoms with Crippen molar-refractivity contribution < 1.29 is 22.7 Å². The number of ether oxygens (including phenoxy) is 1. The molecule has 0 atom stereocenters. The molecule has 0 aliphatic heterocycles. The third-order valence-corrected chi connectivity index (χ3v) is 2.61. The summed E-state index contributed by atoms with van der Waals surface area (Å²) in [6, 6.07) is 8.43. The molecule has 0 fully saturated rings. The fourth-order valence-electron chi connectivity index (χ4n) is 1.84. The van der Waals surface area contributed by atoms with E-state index in [4.69, 9.17) is 0 Å². The second kappa shape index (κ2) is 4.68. The second-order valence-electron chi connectivity index (χ2n) is 3.69. The molecule has 1 radical (unpaired) electrons. The maximum atomic E-state index is 12.8. The van der Waals surface area contributed by atoms with Crippen LogP contribution in [0.1, 0.15) is 11.1 Å². The van der Waals surface area contributed by atoms with Gasteiger partial charge in [0.1, 0.15) is 6.61 Å². The molecule has 0 heterocycles. The highest BCUT2D eigenvalue weighted by atomic mass is 19.4. The summed E-state index contributed by atoms with van der Waals surface area (Å²) in [5, 5.41) is 0.513. The highest BCUT2D eigenvalue weighted by Crippen LogP contribution is 2.35. The van der Waals surface area contributed by atoms with E-state index in [0.717, 1.165) is 6.07 Å². The Morgan fingerprint density at radius 3 is 2.33 bits per heavy atom. The average molecular weight is 253 g/mol. The van der Waals surface area contributed by atoms with Gasteiger partial charge in [-0.1, -0.05) is 30.3 Å². The number of benzene rings is 2. The molecule has 0 aromatic heterocycles. The van der Waals surface area contributed by atoms with Gasteiger partial charge in [0.2, 0.25) is 0 Å². The highest BCUT2D eigenvalue weighted by Gasteiger charge is 2.32. The van der Waals surface area contributed by atoms with E-state index in [1.54, 1.807) is 12.1 Å². The largest absolute Gasteiger partial charge is 0.452 e. The first-order valence-corrected chi connectivity index (χ1v) is 5.11. The van der Waals surface area contributed by atoms with Crippen LogP contribution in [0, 0.1) is 0 Å². The Labute approximate surface area is 101 Å². The van der Waals surface area contributed by atoms with Gasteiger partial charge in [-0.15, -0.1) is 0 Å². The van der Waals surface area contributed by atoms with Crippen molar-refractivity contribution >= 4 is 17.2 Å². The summed E-state index contributed by atoms with van der Waals surface area (Å²) >= 11 is 0. The minimum absolute atomic E-state index is 0.0944. The number of hydrogen-bond acceptors (Lipinski definition) is 2. The predicted octanol–water partition coefficient (Wildman–Crippen LogP) is 3.44. The first kappa shape index (κ1) is 12.4. The molecule has 2 aromatic carbocycles. The molecule has 0 amide bonds. The molecule has 0 N–H and O–H groups in total. The van der Waals surface area contributed by atoms with E-state index in [1.807, 2.05) is 0 Å². The Morgan fingerprint density at radius 2 is 1.72 bits per heavy atom. The van der Waals surface area contributed by atoms with Crippen LogP contribution >= 0.6 is 0 Å². The lowest BCUT2D eigenvalue weighted by Crippen LogP contribution is -2.06. The van der Waals surface area contributed by atoms with E-state index in [1.165, 1.54) is 24.7 Å². The SMILES string of the molecule is O=[C]OCc1ccc(C(F)(F)F)c2ccccc12. The molecule has 0 unspecified atom stereocenters. The fraction of sp³-hybridized carbons (Fsp3) is 0.154. The molecule has 5 heteroatoms. The average Bonchev–Trinajstić information content (AvgIpc) is 2.34. The second-order valence-corrected chi connectivity index (χ2v) is 3.69. The molecular formula is C13H8F3O2. The predicted molar refractivity (Wildman–Crippen MR) is 59.4 cm³/mol. The van der Waals surface area contributed by atoms with E-state index in [-0.39, 0.29) is 12.0 Å². The molecule has 0 saturated heterocycles. The quantitative estimate of drug-likeness (QED) is 0.837. The molecule has 93 valence electrons. The lowest BCUT2D eigenvalue weighted by Gasteiger charge is -2.12. The first-order valence-electron chi connectivity index (χ1n) is 5.11. The molecule has 0 saturated carbocycles. The topological polar surface area (TPSA) is 26.3 Å². The molecule has 2 rings (SSSR count). The van der Waals surface area contributed by atoms with Crippen LogP contribution in [0.2, 0.25) is 0 Å². The van der Waals surface area contributed by atoms with Crippen molar-refractivity contribution in [3.05, 3.63) is 47.5 Å². The molecule has 0 aliphatic carbocycles. The lowest BCUT2D eigenvalue weighted by atomic mass is 9.99. The smallest absolute Gasteiger partial charge is 0.417 e. The molecule has 0 bridgehead atoms. The van der Waals surface area contributed by atoms with E-state index in [2.05, 4.69) is 4.74 Å². The van der Waals surface area contributed by atoms with Crippen molar-refractivity contribution in [1.29, 1.82) is 0 Å². The zero-order valence-electron chi connectivity index (χ0n) is 9.12. The fourth-order valence-corrected chi connectivity index (χ4v) is 1.84. The molecule has 0 spiro atoms. The summed E-state index contributed by atoms with van der Waals surface area (Å²) in [5.74, 6) is 0. The summed E-state index contributed by atoms with van der Waals surface area (Å²) < 4.78 is 42.9. The van der Waals surface area contributed by atoms with E-state index < -0.39 is 11.7 Å². The van der Waals surface area contributed by atoms with Gasteiger partial charge in [-0.3, -0.25) is 0 Å². The minimum Gasteiger partial charge on any atom is -0.452 e. The van der Waals surface area contributed by atoms with Gasteiger partial charge in [0.15, 0.2) is 0 Å². The van der Waals surface area contributed by atoms with Gasteiger partial charge >= 0.3 is 12.6 Å². The van der Waals surface area contributed by atoms with Gasteiger partial charge in [0.25, 0.3) is 0 Å². The van der Waals surface area contributed by atoms with Crippen LogP contribution in [0.5, 0.6) is 0 Å². The number of carbonyl (C=O) groups excluding carboxylic acids is 1. The van der Waals surface area contributed by atoms with Crippen molar-refractivity contribution in [2.45, 2.75) is 12.8 Å². The van der Waals surface area contributed by atoms with Crippen LogP contribution in [-0.2, 0) is 22.3 Å². The number of halogens is 3. The van der Waals surface area contributed by atoms with Crippen LogP contribution in [0.25, 0.3) is 10.8 Å². The zero-order valence-corrected chi connectivity index (χ0v) is 9.12. The summed E-state index contributed by atoms with van der Waals surface area (Å²) in [6.07, 6.45) is -4.41. The summed E-state index contributed by atoms with van der Waals surface area (Å²) in [4.78, 5) is 10.0. The van der Waals surface area contributed by atoms with Crippen LogP contribution < -0.4 is 0 Å². The zero-order chi connectivity index (χ0) is 13.2. The molecule has 18 heavy (non-hydrogen) atoms. The standard InChI is InChI=1S/C13H8F3O2/c14-13(15,16)12-6-5-9(7-18-8-17)10-3-1-2-4-11(10)12/h1-6H,7H2. The van der Waals surface area contributed by atoms with Gasteiger partial charge in [-0.25, -0.2) is 4.79 Å². The first-order chi connectivity index (χ1) is 8.54. The van der Waals surface area contributed by atoms with E-state index in [9.17, 15) is 18.0 Å². The maximum absolute atomic E-state index is 12.8. The van der Waals surface area contributed by atoms with E-state index >= 15 is 0 Å². The lowest BCUT2D eigenvalue weighted by molar-refractivity contribution is -0.136. The van der Waals surface area contributed by atoms with Crippen LogP contribution in [0.4, 0.5) is 13.2 Å². The normalized spacial score (nSPS) is 11.5. The third kappa shape index (κ3) is 2.30. The van der Waals surface area contributed by atoms with Gasteiger partial charge in [-0.05, 0) is 22.4 Å². The maximum Gasteiger partial charge on any atom is 0.417 e. The van der Waals surface area contributed by atoms with Crippen molar-refractivity contribution in [1.82, 2.24) is 0 Å². The number of hydrogen-bond donors (Lipinski definition) is 0. The monoisotopic (exact) mass is 253 g/mol. The molecular weight excluding hydrogens is 245 g/mol. The van der Waals surface area contributed by atoms with Crippen molar-refractivity contribution in [3.63, 3.8) is 0 Å². The molecule has 2 aromatic rings.